The van der Waals surface area contributed by atoms with Crippen molar-refractivity contribution in [1.82, 2.24) is 14.3 Å². The van der Waals surface area contributed by atoms with E-state index in [9.17, 15) is 4.79 Å². The van der Waals surface area contributed by atoms with Crippen molar-refractivity contribution in [3.05, 3.63) is 5.82 Å². The maximum absolute atomic E-state index is 12.7. The van der Waals surface area contributed by atoms with E-state index in [1.165, 1.54) is 18.0 Å². The van der Waals surface area contributed by atoms with Gasteiger partial charge in [-0.25, -0.2) is 4.98 Å². The van der Waals surface area contributed by atoms with Crippen molar-refractivity contribution in [2.45, 2.75) is 44.6 Å². The van der Waals surface area contributed by atoms with Gasteiger partial charge in [0.2, 0.25) is 11.0 Å². The number of halogens is 2. The van der Waals surface area contributed by atoms with Crippen LogP contribution in [0.3, 0.4) is 0 Å². The molecule has 1 saturated carbocycles. The van der Waals surface area contributed by atoms with Gasteiger partial charge in [-0.05, 0) is 19.8 Å². The van der Waals surface area contributed by atoms with Crippen molar-refractivity contribution < 1.29 is 4.79 Å². The first-order valence-electron chi connectivity index (χ1n) is 7.72. The Morgan fingerprint density at radius 1 is 1.13 bits per heavy atom. The van der Waals surface area contributed by atoms with Gasteiger partial charge in [0.15, 0.2) is 0 Å². The topological polar surface area (TPSA) is 75.4 Å². The maximum atomic E-state index is 12.7. The average Bonchev–Trinajstić information content (AvgIpc) is 2.94. The highest BCUT2D eigenvalue weighted by Gasteiger charge is 2.39. The number of rotatable bonds is 2. The lowest BCUT2D eigenvalue weighted by Crippen LogP contribution is -2.60. The fraction of sp³-hybridized carbons (Fsp3) is 0.786. The number of carbonyl (C=O) groups is 1. The SMILES string of the molecule is Cc1nsc(N2CCN(C(=O)C3(N)CCCCC3)CC2)n1.Cl.Cl. The normalized spacial score (nSPS) is 20.4. The van der Waals surface area contributed by atoms with Gasteiger partial charge in [0, 0.05) is 37.7 Å². The summed E-state index contributed by atoms with van der Waals surface area (Å²) in [5.41, 5.74) is 5.75. The summed E-state index contributed by atoms with van der Waals surface area (Å²) < 4.78 is 4.22. The number of nitrogens with two attached hydrogens (primary N) is 1. The van der Waals surface area contributed by atoms with Crippen LogP contribution in [-0.4, -0.2) is 51.9 Å². The molecule has 2 fully saturated rings. The minimum Gasteiger partial charge on any atom is -0.343 e. The second kappa shape index (κ2) is 8.46. The van der Waals surface area contributed by atoms with Gasteiger partial charge >= 0.3 is 0 Å². The minimum absolute atomic E-state index is 0. The molecule has 0 aromatic carbocycles. The Kier molecular flexibility index (Phi) is 7.51. The number of nitrogens with zero attached hydrogens (tertiary/aromatic N) is 4. The van der Waals surface area contributed by atoms with E-state index < -0.39 is 5.54 Å². The Labute approximate surface area is 153 Å². The van der Waals surface area contributed by atoms with Crippen LogP contribution in [0.5, 0.6) is 0 Å². The molecule has 1 saturated heterocycles. The first kappa shape index (κ1) is 20.4. The smallest absolute Gasteiger partial charge is 0.242 e. The van der Waals surface area contributed by atoms with E-state index in [1.54, 1.807) is 0 Å². The van der Waals surface area contributed by atoms with Crippen LogP contribution >= 0.6 is 36.3 Å². The van der Waals surface area contributed by atoms with Gasteiger partial charge < -0.3 is 15.5 Å². The Bertz CT molecular complexity index is 513. The predicted molar refractivity (Wildman–Crippen MR) is 97.9 cm³/mol. The van der Waals surface area contributed by atoms with Crippen molar-refractivity contribution in [1.29, 1.82) is 0 Å². The van der Waals surface area contributed by atoms with E-state index in [2.05, 4.69) is 14.3 Å². The molecule has 0 bridgehead atoms. The van der Waals surface area contributed by atoms with Crippen LogP contribution in [0.25, 0.3) is 0 Å². The first-order chi connectivity index (χ1) is 10.1. The second-order valence-corrected chi connectivity index (χ2v) is 6.85. The highest BCUT2D eigenvalue weighted by molar-refractivity contribution is 7.09. The van der Waals surface area contributed by atoms with Gasteiger partial charge in [0.05, 0.1) is 5.54 Å². The van der Waals surface area contributed by atoms with E-state index in [4.69, 9.17) is 5.73 Å². The largest absolute Gasteiger partial charge is 0.343 e. The lowest BCUT2D eigenvalue weighted by molar-refractivity contribution is -0.138. The standard InChI is InChI=1S/C14H23N5OS.2ClH/c1-11-16-13(21-17-11)19-9-7-18(8-10-19)12(20)14(15)5-3-2-4-6-14;;/h2-10,15H2,1H3;2*1H. The Balaban J connectivity index is 0.00000132. The third-order valence-corrected chi connectivity index (χ3v) is 5.39. The molecular weight excluding hydrogens is 357 g/mol. The molecule has 2 aliphatic rings. The van der Waals surface area contributed by atoms with Crippen LogP contribution in [0.4, 0.5) is 5.13 Å². The summed E-state index contributed by atoms with van der Waals surface area (Å²) in [7, 11) is 0. The summed E-state index contributed by atoms with van der Waals surface area (Å²) in [6.07, 6.45) is 5.03. The van der Waals surface area contributed by atoms with Crippen molar-refractivity contribution >= 4 is 47.4 Å². The monoisotopic (exact) mass is 381 g/mol. The second-order valence-electron chi connectivity index (χ2n) is 6.12. The number of aryl methyl sites for hydroxylation is 1. The van der Waals surface area contributed by atoms with Crippen LogP contribution in [0, 0.1) is 6.92 Å². The van der Waals surface area contributed by atoms with E-state index in [0.717, 1.165) is 62.8 Å². The minimum atomic E-state index is -0.611. The highest BCUT2D eigenvalue weighted by atomic mass is 35.5. The Morgan fingerprint density at radius 2 is 1.74 bits per heavy atom. The zero-order chi connectivity index (χ0) is 14.9. The molecule has 1 aliphatic carbocycles. The molecule has 0 spiro atoms. The van der Waals surface area contributed by atoms with Crippen molar-refractivity contribution in [2.75, 3.05) is 31.1 Å². The van der Waals surface area contributed by atoms with Crippen LogP contribution in [0.2, 0.25) is 0 Å². The molecule has 0 atom stereocenters. The van der Waals surface area contributed by atoms with E-state index in [0.29, 0.717) is 0 Å². The average molecular weight is 382 g/mol. The number of aromatic nitrogens is 2. The quantitative estimate of drug-likeness (QED) is 0.847. The maximum Gasteiger partial charge on any atom is 0.242 e. The summed E-state index contributed by atoms with van der Waals surface area (Å²) in [6, 6.07) is 0. The number of amides is 1. The highest BCUT2D eigenvalue weighted by Crippen LogP contribution is 2.28. The summed E-state index contributed by atoms with van der Waals surface area (Å²) >= 11 is 1.43. The summed E-state index contributed by atoms with van der Waals surface area (Å²) in [6.45, 7) is 5.00. The number of anilines is 1. The number of carbonyl (C=O) groups excluding carboxylic acids is 1. The Hall–Kier alpha value is -0.630. The molecule has 2 heterocycles. The molecular formula is C14H25Cl2N5OS. The van der Waals surface area contributed by atoms with Crippen LogP contribution in [0.1, 0.15) is 37.9 Å². The summed E-state index contributed by atoms with van der Waals surface area (Å²) in [5, 5.41) is 0.958. The molecule has 1 aliphatic heterocycles. The van der Waals surface area contributed by atoms with Crippen molar-refractivity contribution in [3.8, 4) is 0 Å². The molecule has 1 amide bonds. The van der Waals surface area contributed by atoms with E-state index in [1.807, 2.05) is 11.8 Å². The van der Waals surface area contributed by atoms with Crippen LogP contribution < -0.4 is 10.6 Å². The number of hydrogen-bond acceptors (Lipinski definition) is 6. The van der Waals surface area contributed by atoms with Gasteiger partial charge in [-0.15, -0.1) is 24.8 Å². The Morgan fingerprint density at radius 3 is 2.26 bits per heavy atom. The summed E-state index contributed by atoms with van der Waals surface area (Å²) in [5.74, 6) is 0.965. The lowest BCUT2D eigenvalue weighted by atomic mass is 9.81. The van der Waals surface area contributed by atoms with Gasteiger partial charge in [-0.3, -0.25) is 4.79 Å². The third-order valence-electron chi connectivity index (χ3n) is 4.53. The number of piperazine rings is 1. The molecule has 0 radical (unpaired) electrons. The zero-order valence-electron chi connectivity index (χ0n) is 13.4. The van der Waals surface area contributed by atoms with Crippen molar-refractivity contribution in [3.63, 3.8) is 0 Å². The van der Waals surface area contributed by atoms with Gasteiger partial charge in [0.1, 0.15) is 5.82 Å². The van der Waals surface area contributed by atoms with Gasteiger partial charge in [0.25, 0.3) is 0 Å². The van der Waals surface area contributed by atoms with Gasteiger partial charge in [-0.2, -0.15) is 4.37 Å². The van der Waals surface area contributed by atoms with Crippen LogP contribution in [-0.2, 0) is 4.79 Å². The molecule has 132 valence electrons. The lowest BCUT2D eigenvalue weighted by Gasteiger charge is -2.40. The molecule has 6 nitrogen and oxygen atoms in total. The fourth-order valence-electron chi connectivity index (χ4n) is 3.23. The molecule has 1 aromatic rings. The molecule has 0 unspecified atom stereocenters. The third kappa shape index (κ3) is 4.47. The van der Waals surface area contributed by atoms with Crippen molar-refractivity contribution in [2.24, 2.45) is 5.73 Å². The molecule has 9 heteroatoms. The fourth-order valence-corrected chi connectivity index (χ4v) is 3.95. The molecule has 3 rings (SSSR count). The predicted octanol–water partition coefficient (Wildman–Crippen LogP) is 2.00. The summed E-state index contributed by atoms with van der Waals surface area (Å²) in [4.78, 5) is 21.2. The van der Waals surface area contributed by atoms with Gasteiger partial charge in [-0.1, -0.05) is 19.3 Å². The molecule has 2 N–H and O–H groups in total. The molecule has 23 heavy (non-hydrogen) atoms. The van der Waals surface area contributed by atoms with Crippen LogP contribution in [0.15, 0.2) is 0 Å². The molecule has 1 aromatic heterocycles. The zero-order valence-corrected chi connectivity index (χ0v) is 15.8. The first-order valence-corrected chi connectivity index (χ1v) is 8.49. The number of hydrogen-bond donors (Lipinski definition) is 1. The van der Waals surface area contributed by atoms with E-state index >= 15 is 0 Å². The van der Waals surface area contributed by atoms with E-state index in [-0.39, 0.29) is 30.7 Å².